The minimum Gasteiger partial charge on any atom is -0.368 e. The van der Waals surface area contributed by atoms with E-state index in [9.17, 15) is 9.18 Å². The summed E-state index contributed by atoms with van der Waals surface area (Å²) in [6, 6.07) is 14.6. The number of piperazine rings is 1. The van der Waals surface area contributed by atoms with E-state index < -0.39 is 5.91 Å². The number of halogens is 1. The maximum Gasteiger partial charge on any atom is 0.267 e. The van der Waals surface area contributed by atoms with E-state index in [1.54, 1.807) is 35.6 Å². The normalized spacial score (nSPS) is 15.3. The Kier molecular flexibility index (Phi) is 6.86. The maximum absolute atomic E-state index is 13.3. The molecule has 7 heteroatoms. The molecule has 1 aliphatic heterocycles. The SMILES string of the molecule is O=C(/C=C/c1ccccc1N1CCN(SCc2cccc(F)c2)CC1)NO. The van der Waals surface area contributed by atoms with Crippen LogP contribution >= 0.6 is 11.9 Å². The third-order valence-corrected chi connectivity index (χ3v) is 5.54. The van der Waals surface area contributed by atoms with Gasteiger partial charge in [0, 0.05) is 43.7 Å². The van der Waals surface area contributed by atoms with Gasteiger partial charge in [-0.2, -0.15) is 0 Å². The molecule has 0 atom stereocenters. The monoisotopic (exact) mass is 387 g/mol. The molecule has 1 saturated heterocycles. The topological polar surface area (TPSA) is 55.8 Å². The van der Waals surface area contributed by atoms with E-state index in [4.69, 9.17) is 5.21 Å². The smallest absolute Gasteiger partial charge is 0.267 e. The standard InChI is InChI=1S/C20H22FN3O2S/c21-18-6-3-4-16(14-18)15-27-24-12-10-23(11-13-24)19-7-2-1-5-17(19)8-9-20(25)22-26/h1-9,14,26H,10-13,15H2,(H,22,25)/b9-8+. The van der Waals surface area contributed by atoms with Crippen LogP contribution in [0, 0.1) is 5.82 Å². The molecule has 0 radical (unpaired) electrons. The average molecular weight is 387 g/mol. The Labute approximate surface area is 162 Å². The molecule has 0 aliphatic carbocycles. The van der Waals surface area contributed by atoms with Crippen molar-refractivity contribution in [2.45, 2.75) is 5.75 Å². The summed E-state index contributed by atoms with van der Waals surface area (Å²) in [5.74, 6) is 0.00807. The van der Waals surface area contributed by atoms with Gasteiger partial charge in [0.1, 0.15) is 5.82 Å². The highest BCUT2D eigenvalue weighted by atomic mass is 32.2. The molecule has 0 unspecified atom stereocenters. The first-order chi connectivity index (χ1) is 13.2. The Morgan fingerprint density at radius 3 is 2.67 bits per heavy atom. The number of rotatable bonds is 6. The average Bonchev–Trinajstić information content (AvgIpc) is 2.71. The van der Waals surface area contributed by atoms with E-state index in [0.29, 0.717) is 0 Å². The number of hydrogen-bond donors (Lipinski definition) is 2. The van der Waals surface area contributed by atoms with Crippen LogP contribution in [-0.2, 0) is 10.5 Å². The zero-order valence-corrected chi connectivity index (χ0v) is 15.7. The van der Waals surface area contributed by atoms with Crippen LogP contribution in [0.1, 0.15) is 11.1 Å². The summed E-state index contributed by atoms with van der Waals surface area (Å²) in [4.78, 5) is 13.5. The molecule has 1 fully saturated rings. The van der Waals surface area contributed by atoms with Crippen LogP contribution in [0.2, 0.25) is 0 Å². The van der Waals surface area contributed by atoms with E-state index >= 15 is 0 Å². The second-order valence-electron chi connectivity index (χ2n) is 6.19. The Morgan fingerprint density at radius 1 is 1.15 bits per heavy atom. The quantitative estimate of drug-likeness (QED) is 0.345. The van der Waals surface area contributed by atoms with Gasteiger partial charge in [0.15, 0.2) is 0 Å². The Bertz CT molecular complexity index is 807. The van der Waals surface area contributed by atoms with Crippen LogP contribution in [0.5, 0.6) is 0 Å². The van der Waals surface area contributed by atoms with Crippen molar-refractivity contribution in [2.75, 3.05) is 31.1 Å². The molecule has 2 aromatic rings. The van der Waals surface area contributed by atoms with Gasteiger partial charge in [-0.15, -0.1) is 0 Å². The van der Waals surface area contributed by atoms with Crippen LogP contribution in [0.15, 0.2) is 54.6 Å². The van der Waals surface area contributed by atoms with Crippen LogP contribution in [0.4, 0.5) is 10.1 Å². The van der Waals surface area contributed by atoms with Crippen molar-refractivity contribution in [2.24, 2.45) is 0 Å². The second kappa shape index (κ2) is 9.55. The van der Waals surface area contributed by atoms with Gasteiger partial charge in [0.2, 0.25) is 0 Å². The van der Waals surface area contributed by atoms with E-state index in [1.807, 2.05) is 30.3 Å². The third-order valence-electron chi connectivity index (χ3n) is 4.34. The summed E-state index contributed by atoms with van der Waals surface area (Å²) >= 11 is 1.72. The number of amides is 1. The van der Waals surface area contributed by atoms with Crippen molar-refractivity contribution in [3.8, 4) is 0 Å². The summed E-state index contributed by atoms with van der Waals surface area (Å²) in [6.45, 7) is 3.53. The van der Waals surface area contributed by atoms with Gasteiger partial charge in [-0.3, -0.25) is 10.0 Å². The molecule has 1 amide bonds. The molecule has 1 aliphatic rings. The predicted octanol–water partition coefficient (Wildman–Crippen LogP) is 3.31. The van der Waals surface area contributed by atoms with E-state index in [-0.39, 0.29) is 5.82 Å². The predicted molar refractivity (Wildman–Crippen MR) is 107 cm³/mol. The molecule has 0 aromatic heterocycles. The highest BCUT2D eigenvalue weighted by Crippen LogP contribution is 2.26. The van der Waals surface area contributed by atoms with Crippen molar-refractivity contribution in [3.63, 3.8) is 0 Å². The van der Waals surface area contributed by atoms with Gasteiger partial charge in [-0.1, -0.05) is 42.3 Å². The lowest BCUT2D eigenvalue weighted by molar-refractivity contribution is -0.124. The lowest BCUT2D eigenvalue weighted by atomic mass is 10.1. The molecule has 27 heavy (non-hydrogen) atoms. The number of nitrogens with one attached hydrogen (secondary N) is 1. The fourth-order valence-corrected chi connectivity index (χ4v) is 3.90. The minimum absolute atomic E-state index is 0.197. The van der Waals surface area contributed by atoms with Crippen molar-refractivity contribution in [1.82, 2.24) is 9.79 Å². The van der Waals surface area contributed by atoms with Crippen molar-refractivity contribution in [1.29, 1.82) is 0 Å². The number of para-hydroxylation sites is 1. The highest BCUT2D eigenvalue weighted by Gasteiger charge is 2.19. The van der Waals surface area contributed by atoms with Crippen LogP contribution in [0.3, 0.4) is 0 Å². The fraction of sp³-hybridized carbons (Fsp3) is 0.250. The van der Waals surface area contributed by atoms with Crippen LogP contribution in [0.25, 0.3) is 6.08 Å². The molecule has 1 heterocycles. The molecule has 2 aromatic carbocycles. The number of carbonyl (C=O) groups excluding carboxylic acids is 1. The molecule has 3 rings (SSSR count). The summed E-state index contributed by atoms with van der Waals surface area (Å²) in [5, 5.41) is 8.62. The van der Waals surface area contributed by atoms with Crippen LogP contribution in [-0.4, -0.2) is 41.6 Å². The van der Waals surface area contributed by atoms with E-state index in [1.165, 1.54) is 12.1 Å². The number of hydrogen-bond acceptors (Lipinski definition) is 5. The lowest BCUT2D eigenvalue weighted by Crippen LogP contribution is -2.43. The van der Waals surface area contributed by atoms with E-state index in [0.717, 1.165) is 48.7 Å². The number of benzene rings is 2. The van der Waals surface area contributed by atoms with Gasteiger partial charge < -0.3 is 4.90 Å². The van der Waals surface area contributed by atoms with Gasteiger partial charge in [0.05, 0.1) is 0 Å². The van der Waals surface area contributed by atoms with Crippen LogP contribution < -0.4 is 10.4 Å². The van der Waals surface area contributed by atoms with Gasteiger partial charge in [0.25, 0.3) is 5.91 Å². The maximum atomic E-state index is 13.3. The Hall–Kier alpha value is -2.35. The fourth-order valence-electron chi connectivity index (χ4n) is 2.97. The molecule has 142 valence electrons. The lowest BCUT2D eigenvalue weighted by Gasteiger charge is -2.36. The third kappa shape index (κ3) is 5.56. The molecule has 0 spiro atoms. The first kappa shape index (κ1) is 19.4. The first-order valence-electron chi connectivity index (χ1n) is 8.74. The van der Waals surface area contributed by atoms with Crippen molar-refractivity contribution in [3.05, 3.63) is 71.6 Å². The number of nitrogens with zero attached hydrogens (tertiary/aromatic N) is 2. The molecule has 0 bridgehead atoms. The zero-order valence-electron chi connectivity index (χ0n) is 14.8. The summed E-state index contributed by atoms with van der Waals surface area (Å²) in [7, 11) is 0. The minimum atomic E-state index is -0.552. The largest absolute Gasteiger partial charge is 0.368 e. The number of hydroxylamine groups is 1. The number of anilines is 1. The summed E-state index contributed by atoms with van der Waals surface area (Å²) in [5.41, 5.74) is 4.58. The Morgan fingerprint density at radius 2 is 1.93 bits per heavy atom. The van der Waals surface area contributed by atoms with E-state index in [2.05, 4.69) is 9.21 Å². The molecular formula is C20H22FN3O2S. The number of carbonyl (C=O) groups is 1. The van der Waals surface area contributed by atoms with Crippen molar-refractivity contribution >= 4 is 29.6 Å². The molecule has 2 N–H and O–H groups in total. The highest BCUT2D eigenvalue weighted by molar-refractivity contribution is 7.96. The molecule has 5 nitrogen and oxygen atoms in total. The van der Waals surface area contributed by atoms with Gasteiger partial charge in [-0.25, -0.2) is 14.2 Å². The van der Waals surface area contributed by atoms with Gasteiger partial charge in [-0.05, 0) is 35.4 Å². The Balaban J connectivity index is 1.56. The zero-order chi connectivity index (χ0) is 19.1. The first-order valence-corrected chi connectivity index (χ1v) is 9.68. The molecule has 0 saturated carbocycles. The molecular weight excluding hydrogens is 365 g/mol. The second-order valence-corrected chi connectivity index (χ2v) is 7.25. The summed E-state index contributed by atoms with van der Waals surface area (Å²) in [6.07, 6.45) is 3.01. The van der Waals surface area contributed by atoms with Gasteiger partial charge >= 0.3 is 0 Å². The summed E-state index contributed by atoms with van der Waals surface area (Å²) < 4.78 is 15.6. The van der Waals surface area contributed by atoms with Crippen molar-refractivity contribution < 1.29 is 14.4 Å².